The van der Waals surface area contributed by atoms with E-state index < -0.39 is 12.5 Å². The summed E-state index contributed by atoms with van der Waals surface area (Å²) < 4.78 is 10.2. The lowest BCUT2D eigenvalue weighted by molar-refractivity contribution is -0.179. The standard InChI is InChI=1S/C9H17NO4/c11-8-6-13-4-2-10(8)7-1-3-14-9(12)5-7/h7-9,11-12H,1-6H2. The molecule has 0 amide bonds. The van der Waals surface area contributed by atoms with Gasteiger partial charge in [-0.25, -0.2) is 0 Å². The van der Waals surface area contributed by atoms with Crippen molar-refractivity contribution in [1.29, 1.82) is 0 Å². The summed E-state index contributed by atoms with van der Waals surface area (Å²) in [6.07, 6.45) is 0.244. The summed E-state index contributed by atoms with van der Waals surface area (Å²) in [6, 6.07) is 0.220. The molecule has 2 fully saturated rings. The highest BCUT2D eigenvalue weighted by molar-refractivity contribution is 4.79. The van der Waals surface area contributed by atoms with Crippen LogP contribution < -0.4 is 0 Å². The zero-order chi connectivity index (χ0) is 9.97. The van der Waals surface area contributed by atoms with Crippen LogP contribution >= 0.6 is 0 Å². The fourth-order valence-corrected chi connectivity index (χ4v) is 2.09. The van der Waals surface area contributed by atoms with Crippen LogP contribution in [0.25, 0.3) is 0 Å². The Hall–Kier alpha value is -0.200. The van der Waals surface area contributed by atoms with Crippen molar-refractivity contribution in [2.45, 2.75) is 31.4 Å². The zero-order valence-corrected chi connectivity index (χ0v) is 8.13. The van der Waals surface area contributed by atoms with Crippen LogP contribution in [-0.2, 0) is 9.47 Å². The van der Waals surface area contributed by atoms with Gasteiger partial charge in [-0.15, -0.1) is 0 Å². The first kappa shape index (κ1) is 10.3. The van der Waals surface area contributed by atoms with Gasteiger partial charge in [-0.3, -0.25) is 4.90 Å². The predicted octanol–water partition coefficient (Wildman–Crippen LogP) is -0.866. The highest BCUT2D eigenvalue weighted by atomic mass is 16.6. The van der Waals surface area contributed by atoms with E-state index in [1.165, 1.54) is 0 Å². The highest BCUT2D eigenvalue weighted by Gasteiger charge is 2.31. The van der Waals surface area contributed by atoms with Gasteiger partial charge in [0.05, 0.1) is 19.8 Å². The number of rotatable bonds is 1. The minimum absolute atomic E-state index is 0.220. The Kier molecular flexibility index (Phi) is 3.35. The predicted molar refractivity (Wildman–Crippen MR) is 48.5 cm³/mol. The van der Waals surface area contributed by atoms with Gasteiger partial charge < -0.3 is 19.7 Å². The molecule has 2 N–H and O–H groups in total. The number of morpholine rings is 1. The second-order valence-electron chi connectivity index (χ2n) is 3.80. The Labute approximate surface area is 83.2 Å². The van der Waals surface area contributed by atoms with Crippen LogP contribution in [0.15, 0.2) is 0 Å². The van der Waals surface area contributed by atoms with Crippen LogP contribution in [0.1, 0.15) is 12.8 Å². The lowest BCUT2D eigenvalue weighted by atomic mass is 10.1. The molecule has 0 saturated carbocycles. The molecule has 0 aromatic heterocycles. The summed E-state index contributed by atoms with van der Waals surface area (Å²) in [7, 11) is 0. The first-order chi connectivity index (χ1) is 6.77. The van der Waals surface area contributed by atoms with Gasteiger partial charge >= 0.3 is 0 Å². The Bertz CT molecular complexity index is 190. The molecule has 2 aliphatic heterocycles. The molecule has 5 nitrogen and oxygen atoms in total. The lowest BCUT2D eigenvalue weighted by Crippen LogP contribution is -2.53. The Morgan fingerprint density at radius 3 is 2.79 bits per heavy atom. The second-order valence-corrected chi connectivity index (χ2v) is 3.80. The SMILES string of the molecule is OC1CC(N2CCOCC2O)CCO1. The van der Waals surface area contributed by atoms with Gasteiger partial charge in [0.15, 0.2) is 6.29 Å². The molecule has 0 bridgehead atoms. The number of hydrogen-bond acceptors (Lipinski definition) is 5. The summed E-state index contributed by atoms with van der Waals surface area (Å²) in [6.45, 7) is 2.33. The Morgan fingerprint density at radius 2 is 2.07 bits per heavy atom. The molecule has 2 saturated heterocycles. The molecule has 0 spiro atoms. The molecule has 82 valence electrons. The van der Waals surface area contributed by atoms with Crippen molar-refractivity contribution >= 4 is 0 Å². The van der Waals surface area contributed by atoms with Crippen molar-refractivity contribution in [3.8, 4) is 0 Å². The minimum atomic E-state index is -0.677. The lowest BCUT2D eigenvalue weighted by Gasteiger charge is -2.40. The number of nitrogens with zero attached hydrogens (tertiary/aromatic N) is 1. The quantitative estimate of drug-likeness (QED) is 0.580. The first-order valence-corrected chi connectivity index (χ1v) is 5.08. The number of ether oxygens (including phenoxy) is 2. The largest absolute Gasteiger partial charge is 0.376 e. The summed E-state index contributed by atoms with van der Waals surface area (Å²) in [4.78, 5) is 2.00. The van der Waals surface area contributed by atoms with Gasteiger partial charge in [0, 0.05) is 19.0 Å². The van der Waals surface area contributed by atoms with Gasteiger partial charge in [0.25, 0.3) is 0 Å². The van der Waals surface area contributed by atoms with Gasteiger partial charge in [-0.2, -0.15) is 0 Å². The van der Waals surface area contributed by atoms with E-state index in [1.54, 1.807) is 0 Å². The topological polar surface area (TPSA) is 62.2 Å². The van der Waals surface area contributed by atoms with E-state index in [-0.39, 0.29) is 6.04 Å². The van der Waals surface area contributed by atoms with Crippen molar-refractivity contribution in [2.75, 3.05) is 26.4 Å². The Morgan fingerprint density at radius 1 is 1.21 bits per heavy atom. The molecule has 2 aliphatic rings. The molecule has 2 heterocycles. The molecular formula is C9H17NO4. The van der Waals surface area contributed by atoms with Crippen LogP contribution in [-0.4, -0.2) is 60.0 Å². The van der Waals surface area contributed by atoms with E-state index >= 15 is 0 Å². The monoisotopic (exact) mass is 203 g/mol. The van der Waals surface area contributed by atoms with E-state index in [1.807, 2.05) is 4.90 Å². The van der Waals surface area contributed by atoms with Gasteiger partial charge in [-0.05, 0) is 6.42 Å². The maximum Gasteiger partial charge on any atom is 0.156 e. The number of hydrogen-bond donors (Lipinski definition) is 2. The normalized spacial score (nSPS) is 41.1. The van der Waals surface area contributed by atoms with Gasteiger partial charge in [-0.1, -0.05) is 0 Å². The fourth-order valence-electron chi connectivity index (χ4n) is 2.09. The third-order valence-corrected chi connectivity index (χ3v) is 2.85. The maximum absolute atomic E-state index is 9.69. The zero-order valence-electron chi connectivity index (χ0n) is 8.13. The average Bonchev–Trinajstić information content (AvgIpc) is 2.18. The first-order valence-electron chi connectivity index (χ1n) is 5.08. The molecule has 14 heavy (non-hydrogen) atoms. The molecule has 2 rings (SSSR count). The van der Waals surface area contributed by atoms with E-state index in [4.69, 9.17) is 9.47 Å². The summed E-state index contributed by atoms with van der Waals surface area (Å²) in [5.41, 5.74) is 0. The van der Waals surface area contributed by atoms with Crippen LogP contribution in [0.3, 0.4) is 0 Å². The Balaban J connectivity index is 1.91. The van der Waals surface area contributed by atoms with Crippen LogP contribution in [0.5, 0.6) is 0 Å². The molecule has 5 heteroatoms. The summed E-state index contributed by atoms with van der Waals surface area (Å²) in [5, 5.41) is 19.0. The average molecular weight is 203 g/mol. The third kappa shape index (κ3) is 2.24. The van der Waals surface area contributed by atoms with Gasteiger partial charge in [0.2, 0.25) is 0 Å². The van der Waals surface area contributed by atoms with E-state index in [0.717, 1.165) is 13.0 Å². The van der Waals surface area contributed by atoms with E-state index in [0.29, 0.717) is 26.2 Å². The van der Waals surface area contributed by atoms with Crippen molar-refractivity contribution in [3.05, 3.63) is 0 Å². The highest BCUT2D eigenvalue weighted by Crippen LogP contribution is 2.20. The fraction of sp³-hybridized carbons (Fsp3) is 1.00. The van der Waals surface area contributed by atoms with Crippen molar-refractivity contribution in [3.63, 3.8) is 0 Å². The number of aliphatic hydroxyl groups excluding tert-OH is 2. The summed E-state index contributed by atoms with van der Waals surface area (Å²) in [5.74, 6) is 0. The summed E-state index contributed by atoms with van der Waals surface area (Å²) >= 11 is 0. The third-order valence-electron chi connectivity index (χ3n) is 2.85. The van der Waals surface area contributed by atoms with Crippen molar-refractivity contribution in [1.82, 2.24) is 4.90 Å². The van der Waals surface area contributed by atoms with Gasteiger partial charge in [0.1, 0.15) is 6.23 Å². The van der Waals surface area contributed by atoms with E-state index in [2.05, 4.69) is 0 Å². The van der Waals surface area contributed by atoms with Crippen LogP contribution in [0, 0.1) is 0 Å². The molecule has 0 aromatic rings. The smallest absolute Gasteiger partial charge is 0.156 e. The number of aliphatic hydroxyl groups is 2. The van der Waals surface area contributed by atoms with Crippen molar-refractivity contribution in [2.24, 2.45) is 0 Å². The van der Waals surface area contributed by atoms with Crippen LogP contribution in [0.4, 0.5) is 0 Å². The van der Waals surface area contributed by atoms with Crippen LogP contribution in [0.2, 0.25) is 0 Å². The molecule has 0 aromatic carbocycles. The molecule has 0 aliphatic carbocycles. The molecule has 3 atom stereocenters. The minimum Gasteiger partial charge on any atom is -0.376 e. The molecule has 3 unspecified atom stereocenters. The second kappa shape index (κ2) is 4.55. The van der Waals surface area contributed by atoms with E-state index in [9.17, 15) is 10.2 Å². The van der Waals surface area contributed by atoms with Crippen molar-refractivity contribution < 1.29 is 19.7 Å². The maximum atomic E-state index is 9.69. The molecular weight excluding hydrogens is 186 g/mol. The molecule has 0 radical (unpaired) electrons.